The molecule has 0 spiro atoms. The van der Waals surface area contributed by atoms with Crippen molar-refractivity contribution in [3.05, 3.63) is 35.9 Å². The molecule has 1 atom stereocenters. The van der Waals surface area contributed by atoms with E-state index in [-0.39, 0.29) is 6.04 Å². The molecule has 1 aromatic carbocycles. The molecule has 23 heavy (non-hydrogen) atoms. The van der Waals surface area contributed by atoms with Gasteiger partial charge in [0.15, 0.2) is 0 Å². The molecule has 1 heterocycles. The van der Waals surface area contributed by atoms with Crippen molar-refractivity contribution in [1.82, 2.24) is 15.5 Å². The second-order valence-corrected chi connectivity index (χ2v) is 5.67. The highest BCUT2D eigenvalue weighted by atomic mass is 16.5. The van der Waals surface area contributed by atoms with Crippen molar-refractivity contribution in [3.63, 3.8) is 0 Å². The lowest BCUT2D eigenvalue weighted by Crippen LogP contribution is -2.42. The molecular weight excluding hydrogens is 294 g/mol. The molecule has 1 fully saturated rings. The summed E-state index contributed by atoms with van der Waals surface area (Å²) < 4.78 is 5.28. The monoisotopic (exact) mass is 319 g/mol. The number of benzene rings is 1. The fourth-order valence-electron chi connectivity index (χ4n) is 2.50. The number of nitrogens with one attached hydrogen (secondary N) is 2. The van der Waals surface area contributed by atoms with Crippen LogP contribution in [0.4, 0.5) is 0 Å². The van der Waals surface area contributed by atoms with Crippen LogP contribution in [0, 0.1) is 0 Å². The van der Waals surface area contributed by atoms with Crippen molar-refractivity contribution in [3.8, 4) is 0 Å². The van der Waals surface area contributed by atoms with Crippen LogP contribution in [0.5, 0.6) is 0 Å². The SMILES string of the molecule is C[C@@H](NC(=O)C(=O)NCCCN1CCOCC1)c1ccccc1. The van der Waals surface area contributed by atoms with Crippen molar-refractivity contribution < 1.29 is 14.3 Å². The molecular formula is C17H25N3O3. The number of amides is 2. The summed E-state index contributed by atoms with van der Waals surface area (Å²) in [6, 6.07) is 9.38. The molecule has 0 bridgehead atoms. The third-order valence-electron chi connectivity index (χ3n) is 3.89. The molecule has 0 aliphatic carbocycles. The van der Waals surface area contributed by atoms with Gasteiger partial charge in [-0.05, 0) is 25.5 Å². The number of carbonyl (C=O) groups excluding carboxylic acids is 2. The number of nitrogens with zero attached hydrogens (tertiary/aromatic N) is 1. The molecule has 0 radical (unpaired) electrons. The standard InChI is InChI=1S/C17H25N3O3/c1-14(15-6-3-2-4-7-15)19-17(22)16(21)18-8-5-9-20-10-12-23-13-11-20/h2-4,6-7,14H,5,8-13H2,1H3,(H,18,21)(H,19,22)/t14-/m1/s1. The quantitative estimate of drug-likeness (QED) is 0.598. The predicted molar refractivity (Wildman–Crippen MR) is 87.9 cm³/mol. The van der Waals surface area contributed by atoms with Crippen LogP contribution >= 0.6 is 0 Å². The highest BCUT2D eigenvalue weighted by Crippen LogP contribution is 2.10. The Morgan fingerprint density at radius 2 is 1.87 bits per heavy atom. The van der Waals surface area contributed by atoms with Gasteiger partial charge in [0.1, 0.15) is 0 Å². The molecule has 2 amide bonds. The van der Waals surface area contributed by atoms with Crippen molar-refractivity contribution in [1.29, 1.82) is 0 Å². The summed E-state index contributed by atoms with van der Waals surface area (Å²) in [5.74, 6) is -1.16. The number of ether oxygens (including phenoxy) is 1. The Bertz CT molecular complexity index is 501. The zero-order chi connectivity index (χ0) is 16.5. The number of hydrogen-bond donors (Lipinski definition) is 2. The van der Waals surface area contributed by atoms with Crippen LogP contribution in [0.1, 0.15) is 24.9 Å². The topological polar surface area (TPSA) is 70.7 Å². The van der Waals surface area contributed by atoms with Crippen LogP contribution in [0.2, 0.25) is 0 Å². The van der Waals surface area contributed by atoms with Crippen molar-refractivity contribution in [2.24, 2.45) is 0 Å². The van der Waals surface area contributed by atoms with Gasteiger partial charge in [-0.1, -0.05) is 30.3 Å². The molecule has 2 rings (SSSR count). The van der Waals surface area contributed by atoms with Gasteiger partial charge >= 0.3 is 11.8 Å². The lowest BCUT2D eigenvalue weighted by molar-refractivity contribution is -0.139. The molecule has 0 saturated carbocycles. The first-order valence-electron chi connectivity index (χ1n) is 8.10. The second-order valence-electron chi connectivity index (χ2n) is 5.67. The average molecular weight is 319 g/mol. The maximum atomic E-state index is 11.9. The van der Waals surface area contributed by atoms with E-state index in [1.54, 1.807) is 0 Å². The first-order chi connectivity index (χ1) is 11.2. The van der Waals surface area contributed by atoms with E-state index in [2.05, 4.69) is 15.5 Å². The fraction of sp³-hybridized carbons (Fsp3) is 0.529. The Balaban J connectivity index is 1.63. The normalized spacial score (nSPS) is 16.6. The third-order valence-corrected chi connectivity index (χ3v) is 3.89. The highest BCUT2D eigenvalue weighted by molar-refractivity contribution is 6.35. The van der Waals surface area contributed by atoms with Gasteiger partial charge in [-0.15, -0.1) is 0 Å². The lowest BCUT2D eigenvalue weighted by Gasteiger charge is -2.26. The third kappa shape index (κ3) is 6.00. The fourth-order valence-corrected chi connectivity index (χ4v) is 2.50. The van der Waals surface area contributed by atoms with Crippen LogP contribution in [0.3, 0.4) is 0 Å². The lowest BCUT2D eigenvalue weighted by atomic mass is 10.1. The Hall–Kier alpha value is -1.92. The number of rotatable bonds is 6. The maximum absolute atomic E-state index is 11.9. The van der Waals surface area contributed by atoms with Gasteiger partial charge in [-0.2, -0.15) is 0 Å². The molecule has 2 N–H and O–H groups in total. The molecule has 1 aliphatic heterocycles. The van der Waals surface area contributed by atoms with Crippen LogP contribution in [-0.2, 0) is 14.3 Å². The van der Waals surface area contributed by atoms with Crippen molar-refractivity contribution in [2.45, 2.75) is 19.4 Å². The Kier molecular flexibility index (Phi) is 7.03. The summed E-state index contributed by atoms with van der Waals surface area (Å²) in [6.07, 6.45) is 0.827. The van der Waals surface area contributed by atoms with E-state index in [1.165, 1.54) is 0 Å². The van der Waals surface area contributed by atoms with E-state index in [0.29, 0.717) is 6.54 Å². The molecule has 1 aromatic rings. The average Bonchev–Trinajstić information content (AvgIpc) is 2.60. The Morgan fingerprint density at radius 3 is 2.57 bits per heavy atom. The summed E-state index contributed by atoms with van der Waals surface area (Å²) in [7, 11) is 0. The molecule has 0 unspecified atom stereocenters. The van der Waals surface area contributed by atoms with Crippen LogP contribution < -0.4 is 10.6 Å². The zero-order valence-corrected chi connectivity index (χ0v) is 13.6. The van der Waals surface area contributed by atoms with Crippen LogP contribution in [0.15, 0.2) is 30.3 Å². The minimum absolute atomic E-state index is 0.192. The van der Waals surface area contributed by atoms with Crippen molar-refractivity contribution >= 4 is 11.8 Å². The zero-order valence-electron chi connectivity index (χ0n) is 13.6. The Labute approximate surface area is 137 Å². The summed E-state index contributed by atoms with van der Waals surface area (Å²) in [5, 5.41) is 5.38. The highest BCUT2D eigenvalue weighted by Gasteiger charge is 2.16. The minimum Gasteiger partial charge on any atom is -0.379 e. The second kappa shape index (κ2) is 9.27. The summed E-state index contributed by atoms with van der Waals surface area (Å²) in [4.78, 5) is 26.0. The van der Waals surface area contributed by atoms with E-state index < -0.39 is 11.8 Å². The molecule has 1 aliphatic rings. The van der Waals surface area contributed by atoms with E-state index in [4.69, 9.17) is 4.74 Å². The molecule has 6 heteroatoms. The number of carbonyl (C=O) groups is 2. The number of morpholine rings is 1. The summed E-state index contributed by atoms with van der Waals surface area (Å²) in [5.41, 5.74) is 0.973. The largest absolute Gasteiger partial charge is 0.379 e. The molecule has 6 nitrogen and oxygen atoms in total. The van der Waals surface area contributed by atoms with Crippen LogP contribution in [-0.4, -0.2) is 56.1 Å². The van der Waals surface area contributed by atoms with E-state index in [9.17, 15) is 9.59 Å². The van der Waals surface area contributed by atoms with Gasteiger partial charge < -0.3 is 15.4 Å². The van der Waals surface area contributed by atoms with Crippen LogP contribution in [0.25, 0.3) is 0 Å². The maximum Gasteiger partial charge on any atom is 0.309 e. The van der Waals surface area contributed by atoms with Gasteiger partial charge in [0.05, 0.1) is 19.3 Å². The van der Waals surface area contributed by atoms with E-state index >= 15 is 0 Å². The molecule has 1 saturated heterocycles. The number of hydrogen-bond acceptors (Lipinski definition) is 4. The van der Waals surface area contributed by atoms with Gasteiger partial charge in [0, 0.05) is 19.6 Å². The van der Waals surface area contributed by atoms with Gasteiger partial charge in [-0.3, -0.25) is 14.5 Å². The molecule has 0 aromatic heterocycles. The smallest absolute Gasteiger partial charge is 0.309 e. The molecule has 126 valence electrons. The van der Waals surface area contributed by atoms with Crippen molar-refractivity contribution in [2.75, 3.05) is 39.4 Å². The van der Waals surface area contributed by atoms with Gasteiger partial charge in [0.25, 0.3) is 0 Å². The first-order valence-corrected chi connectivity index (χ1v) is 8.10. The Morgan fingerprint density at radius 1 is 1.17 bits per heavy atom. The van der Waals surface area contributed by atoms with E-state index in [0.717, 1.165) is 44.8 Å². The van der Waals surface area contributed by atoms with Gasteiger partial charge in [0.2, 0.25) is 0 Å². The summed E-state index contributed by atoms with van der Waals surface area (Å²) >= 11 is 0. The van der Waals surface area contributed by atoms with Gasteiger partial charge in [-0.25, -0.2) is 0 Å². The summed E-state index contributed by atoms with van der Waals surface area (Å²) in [6.45, 7) is 6.68. The van der Waals surface area contributed by atoms with E-state index in [1.807, 2.05) is 37.3 Å². The first kappa shape index (κ1) is 17.4. The predicted octanol–water partition coefficient (Wildman–Crippen LogP) is 0.702. The minimum atomic E-state index is -0.590.